The van der Waals surface area contributed by atoms with Crippen molar-refractivity contribution in [1.82, 2.24) is 0 Å². The molecule has 0 saturated heterocycles. The maximum absolute atomic E-state index is 10.8. The number of benzene rings is 2. The minimum Gasteiger partial charge on any atom is -0.410 e. The highest BCUT2D eigenvalue weighted by molar-refractivity contribution is 5.75. The lowest BCUT2D eigenvalue weighted by atomic mass is 10.1. The molecule has 0 unspecified atom stereocenters. The number of primary amides is 1. The summed E-state index contributed by atoms with van der Waals surface area (Å²) in [5.74, 6) is 0.456. The van der Waals surface area contributed by atoms with Crippen molar-refractivity contribution in [3.05, 3.63) is 65.7 Å². The van der Waals surface area contributed by atoms with E-state index >= 15 is 0 Å². The molecule has 0 aliphatic rings. The average Bonchev–Trinajstić information content (AvgIpc) is 2.38. The molecule has 2 aromatic rings. The fourth-order valence-electron chi connectivity index (χ4n) is 1.57. The number of rotatable bonds is 3. The zero-order valence-electron chi connectivity index (χ0n) is 9.74. The van der Waals surface area contributed by atoms with E-state index in [0.717, 1.165) is 11.1 Å². The van der Waals surface area contributed by atoms with Gasteiger partial charge in [-0.05, 0) is 11.6 Å². The van der Waals surface area contributed by atoms with Gasteiger partial charge in [-0.3, -0.25) is 0 Å². The summed E-state index contributed by atoms with van der Waals surface area (Å²) in [5.41, 5.74) is 6.90. The van der Waals surface area contributed by atoms with Crippen LogP contribution in [0.3, 0.4) is 0 Å². The molecular formula is C15H13NO2. The molecular weight excluding hydrogens is 226 g/mol. The highest BCUT2D eigenvalue weighted by atomic mass is 16.5. The fourth-order valence-corrected chi connectivity index (χ4v) is 1.57. The van der Waals surface area contributed by atoms with Gasteiger partial charge in [0, 0.05) is 5.56 Å². The van der Waals surface area contributed by atoms with Gasteiger partial charge in [0.1, 0.15) is 5.75 Å². The Kier molecular flexibility index (Phi) is 3.76. The van der Waals surface area contributed by atoms with Crippen molar-refractivity contribution < 1.29 is 9.53 Å². The van der Waals surface area contributed by atoms with Crippen LogP contribution in [0, 0.1) is 0 Å². The first-order chi connectivity index (χ1) is 8.75. The van der Waals surface area contributed by atoms with E-state index in [-0.39, 0.29) is 0 Å². The monoisotopic (exact) mass is 239 g/mol. The quantitative estimate of drug-likeness (QED) is 0.835. The van der Waals surface area contributed by atoms with E-state index in [1.807, 2.05) is 54.6 Å². The molecule has 2 rings (SSSR count). The molecule has 0 heterocycles. The number of hydrogen-bond donors (Lipinski definition) is 1. The molecule has 90 valence electrons. The second kappa shape index (κ2) is 5.68. The van der Waals surface area contributed by atoms with Gasteiger partial charge in [0.15, 0.2) is 0 Å². The van der Waals surface area contributed by atoms with E-state index in [2.05, 4.69) is 0 Å². The number of amides is 1. The summed E-state index contributed by atoms with van der Waals surface area (Å²) in [5, 5.41) is 0. The SMILES string of the molecule is NC(=O)Oc1ccccc1/C=C/c1ccccc1. The minimum atomic E-state index is -0.810. The van der Waals surface area contributed by atoms with Gasteiger partial charge in [-0.25, -0.2) is 4.79 Å². The third-order valence-electron chi connectivity index (χ3n) is 2.38. The van der Waals surface area contributed by atoms with Crippen molar-refractivity contribution >= 4 is 18.2 Å². The standard InChI is InChI=1S/C15H13NO2/c16-15(17)18-14-9-5-4-8-13(14)11-10-12-6-2-1-3-7-12/h1-11H,(H2,16,17)/b11-10+. The largest absolute Gasteiger partial charge is 0.410 e. The Balaban J connectivity index is 2.23. The Labute approximate surface area is 106 Å². The molecule has 3 nitrogen and oxygen atoms in total. The minimum absolute atomic E-state index is 0.456. The van der Waals surface area contributed by atoms with Crippen molar-refractivity contribution in [1.29, 1.82) is 0 Å². The highest BCUT2D eigenvalue weighted by Gasteiger charge is 2.02. The zero-order chi connectivity index (χ0) is 12.8. The maximum atomic E-state index is 10.8. The van der Waals surface area contributed by atoms with E-state index in [9.17, 15) is 4.79 Å². The van der Waals surface area contributed by atoms with Crippen LogP contribution < -0.4 is 10.5 Å². The normalized spacial score (nSPS) is 10.4. The molecule has 18 heavy (non-hydrogen) atoms. The van der Waals surface area contributed by atoms with Gasteiger partial charge in [0.05, 0.1) is 0 Å². The van der Waals surface area contributed by atoms with Gasteiger partial charge >= 0.3 is 6.09 Å². The molecule has 0 aliphatic heterocycles. The predicted molar refractivity (Wildman–Crippen MR) is 72.0 cm³/mol. The number of carbonyl (C=O) groups excluding carboxylic acids is 1. The van der Waals surface area contributed by atoms with Gasteiger partial charge in [-0.15, -0.1) is 0 Å². The van der Waals surface area contributed by atoms with Crippen LogP contribution in [0.4, 0.5) is 4.79 Å². The molecule has 0 fully saturated rings. The molecule has 0 bridgehead atoms. The summed E-state index contributed by atoms with van der Waals surface area (Å²) in [6, 6.07) is 17.1. The number of carbonyl (C=O) groups is 1. The molecule has 0 aliphatic carbocycles. The van der Waals surface area contributed by atoms with Crippen LogP contribution in [0.2, 0.25) is 0 Å². The summed E-state index contributed by atoms with van der Waals surface area (Å²) in [4.78, 5) is 10.8. The second-order valence-corrected chi connectivity index (χ2v) is 3.70. The lowest BCUT2D eigenvalue weighted by molar-refractivity contribution is 0.211. The Bertz CT molecular complexity index is 562. The summed E-state index contributed by atoms with van der Waals surface area (Å²) >= 11 is 0. The number of ether oxygens (including phenoxy) is 1. The molecule has 2 N–H and O–H groups in total. The van der Waals surface area contributed by atoms with Crippen molar-refractivity contribution in [2.45, 2.75) is 0 Å². The Hall–Kier alpha value is -2.55. The first-order valence-corrected chi connectivity index (χ1v) is 5.55. The first kappa shape index (κ1) is 11.9. The van der Waals surface area contributed by atoms with Crippen molar-refractivity contribution in [2.75, 3.05) is 0 Å². The van der Waals surface area contributed by atoms with E-state index in [1.54, 1.807) is 12.1 Å². The van der Waals surface area contributed by atoms with Gasteiger partial charge in [0.25, 0.3) is 0 Å². The number of nitrogens with two attached hydrogens (primary N) is 1. The first-order valence-electron chi connectivity index (χ1n) is 5.55. The predicted octanol–water partition coefficient (Wildman–Crippen LogP) is 3.31. The van der Waals surface area contributed by atoms with Gasteiger partial charge < -0.3 is 10.5 Å². The van der Waals surface area contributed by atoms with Crippen molar-refractivity contribution in [2.24, 2.45) is 5.73 Å². The fraction of sp³-hybridized carbons (Fsp3) is 0. The molecule has 0 spiro atoms. The van der Waals surface area contributed by atoms with Crippen LogP contribution >= 0.6 is 0 Å². The zero-order valence-corrected chi connectivity index (χ0v) is 9.74. The van der Waals surface area contributed by atoms with Crippen LogP contribution in [0.15, 0.2) is 54.6 Å². The highest BCUT2D eigenvalue weighted by Crippen LogP contribution is 2.20. The van der Waals surface area contributed by atoms with E-state index < -0.39 is 6.09 Å². The number of hydrogen-bond acceptors (Lipinski definition) is 2. The molecule has 0 saturated carbocycles. The summed E-state index contributed by atoms with van der Waals surface area (Å²) in [7, 11) is 0. The summed E-state index contributed by atoms with van der Waals surface area (Å²) < 4.78 is 4.92. The Morgan fingerprint density at radius 1 is 0.944 bits per heavy atom. The molecule has 2 aromatic carbocycles. The lowest BCUT2D eigenvalue weighted by Gasteiger charge is -2.04. The van der Waals surface area contributed by atoms with Crippen LogP contribution in [-0.2, 0) is 0 Å². The van der Waals surface area contributed by atoms with Crippen molar-refractivity contribution in [3.63, 3.8) is 0 Å². The summed E-state index contributed by atoms with van der Waals surface area (Å²) in [6.45, 7) is 0. The summed E-state index contributed by atoms with van der Waals surface area (Å²) in [6.07, 6.45) is 3.02. The lowest BCUT2D eigenvalue weighted by Crippen LogP contribution is -2.16. The van der Waals surface area contributed by atoms with Gasteiger partial charge in [-0.1, -0.05) is 60.7 Å². The van der Waals surface area contributed by atoms with Crippen LogP contribution in [0.25, 0.3) is 12.2 Å². The Morgan fingerprint density at radius 3 is 2.33 bits per heavy atom. The molecule has 0 aromatic heterocycles. The molecule has 1 amide bonds. The van der Waals surface area contributed by atoms with E-state index in [0.29, 0.717) is 5.75 Å². The molecule has 3 heteroatoms. The van der Waals surface area contributed by atoms with Crippen LogP contribution in [-0.4, -0.2) is 6.09 Å². The van der Waals surface area contributed by atoms with Crippen LogP contribution in [0.5, 0.6) is 5.75 Å². The third-order valence-corrected chi connectivity index (χ3v) is 2.38. The third kappa shape index (κ3) is 3.22. The van der Waals surface area contributed by atoms with Gasteiger partial charge in [-0.2, -0.15) is 0 Å². The van der Waals surface area contributed by atoms with E-state index in [1.165, 1.54) is 0 Å². The average molecular weight is 239 g/mol. The second-order valence-electron chi connectivity index (χ2n) is 3.70. The topological polar surface area (TPSA) is 52.3 Å². The van der Waals surface area contributed by atoms with Crippen molar-refractivity contribution in [3.8, 4) is 5.75 Å². The van der Waals surface area contributed by atoms with Crippen LogP contribution in [0.1, 0.15) is 11.1 Å². The molecule has 0 radical (unpaired) electrons. The molecule has 0 atom stereocenters. The number of para-hydroxylation sites is 1. The smallest absolute Gasteiger partial charge is 0.409 e. The van der Waals surface area contributed by atoms with E-state index in [4.69, 9.17) is 10.5 Å². The van der Waals surface area contributed by atoms with Gasteiger partial charge in [0.2, 0.25) is 0 Å². The Morgan fingerprint density at radius 2 is 1.61 bits per heavy atom. The maximum Gasteiger partial charge on any atom is 0.409 e.